The fraction of sp³-hybridized carbons (Fsp3) is 0.0833. The first kappa shape index (κ1) is 22.6. The number of benzene rings is 3. The number of carbonyl (C=O) groups excluding carboxylic acids is 2. The highest BCUT2D eigenvalue weighted by atomic mass is 19.2. The molecule has 1 aliphatic rings. The molecule has 0 spiro atoms. The van der Waals surface area contributed by atoms with Crippen LogP contribution in [0.1, 0.15) is 12.5 Å². The quantitative estimate of drug-likeness (QED) is 0.309. The SMILES string of the molecule is CCOc1cccc(NC2=C(c3ccc([N+](=O)[O-])cc3)C(=O)N(c3ccc(F)c(F)c3)C2=O)c1. The summed E-state index contributed by atoms with van der Waals surface area (Å²) >= 11 is 0. The lowest BCUT2D eigenvalue weighted by Crippen LogP contribution is -2.32. The Morgan fingerprint density at radius 3 is 2.35 bits per heavy atom. The van der Waals surface area contributed by atoms with E-state index < -0.39 is 28.4 Å². The first-order chi connectivity index (χ1) is 16.3. The maximum atomic E-state index is 13.9. The number of nitro groups is 1. The standard InChI is InChI=1S/C24H17F2N3O5/c1-2-34-18-5-3-4-15(12-18)27-22-21(14-6-8-16(9-7-14)29(32)33)23(30)28(24(22)31)17-10-11-19(25)20(26)13-17/h3-13,27H,2H2,1H3. The van der Waals surface area contributed by atoms with Crippen LogP contribution in [0.3, 0.4) is 0 Å². The van der Waals surface area contributed by atoms with Crippen molar-refractivity contribution in [2.24, 2.45) is 0 Å². The molecular weight excluding hydrogens is 448 g/mol. The van der Waals surface area contributed by atoms with Gasteiger partial charge < -0.3 is 10.1 Å². The van der Waals surface area contributed by atoms with Crippen LogP contribution < -0.4 is 15.0 Å². The molecule has 0 aliphatic carbocycles. The zero-order valence-corrected chi connectivity index (χ0v) is 17.7. The predicted octanol–water partition coefficient (Wildman–Crippen LogP) is 4.67. The molecule has 0 saturated heterocycles. The Balaban J connectivity index is 1.81. The average Bonchev–Trinajstić information content (AvgIpc) is 3.05. The summed E-state index contributed by atoms with van der Waals surface area (Å²) in [7, 11) is 0. The highest BCUT2D eigenvalue weighted by Gasteiger charge is 2.40. The number of hydrogen-bond acceptors (Lipinski definition) is 6. The van der Waals surface area contributed by atoms with E-state index in [2.05, 4.69) is 5.32 Å². The van der Waals surface area contributed by atoms with E-state index in [1.165, 1.54) is 24.3 Å². The van der Waals surface area contributed by atoms with E-state index in [0.717, 1.165) is 18.2 Å². The third kappa shape index (κ3) is 4.20. The monoisotopic (exact) mass is 465 g/mol. The Labute approximate surface area is 192 Å². The fourth-order valence-electron chi connectivity index (χ4n) is 3.50. The molecular formula is C24H17F2N3O5. The van der Waals surface area contributed by atoms with Gasteiger partial charge in [-0.25, -0.2) is 13.7 Å². The van der Waals surface area contributed by atoms with Crippen molar-refractivity contribution < 1.29 is 28.0 Å². The predicted molar refractivity (Wildman–Crippen MR) is 120 cm³/mol. The van der Waals surface area contributed by atoms with Gasteiger partial charge in [-0.15, -0.1) is 0 Å². The molecule has 1 heterocycles. The summed E-state index contributed by atoms with van der Waals surface area (Å²) in [5, 5.41) is 13.9. The fourth-order valence-corrected chi connectivity index (χ4v) is 3.50. The highest BCUT2D eigenvalue weighted by molar-refractivity contribution is 6.46. The summed E-state index contributed by atoms with van der Waals surface area (Å²) in [6.45, 7) is 2.23. The van der Waals surface area contributed by atoms with Crippen LogP contribution in [0, 0.1) is 21.7 Å². The van der Waals surface area contributed by atoms with Gasteiger partial charge in [-0.1, -0.05) is 6.07 Å². The van der Waals surface area contributed by atoms with Crippen molar-refractivity contribution in [3.8, 4) is 5.75 Å². The van der Waals surface area contributed by atoms with Crippen molar-refractivity contribution in [3.05, 3.63) is 99.7 Å². The van der Waals surface area contributed by atoms with Crippen molar-refractivity contribution in [2.75, 3.05) is 16.8 Å². The minimum Gasteiger partial charge on any atom is -0.494 e. The summed E-state index contributed by atoms with van der Waals surface area (Å²) in [6, 6.07) is 14.4. The lowest BCUT2D eigenvalue weighted by atomic mass is 10.0. The minimum absolute atomic E-state index is 0.0774. The van der Waals surface area contributed by atoms with E-state index in [0.29, 0.717) is 22.9 Å². The Morgan fingerprint density at radius 1 is 0.971 bits per heavy atom. The molecule has 0 radical (unpaired) electrons. The van der Waals surface area contributed by atoms with E-state index in [-0.39, 0.29) is 28.2 Å². The Morgan fingerprint density at radius 2 is 1.71 bits per heavy atom. The number of amides is 2. The van der Waals surface area contributed by atoms with Gasteiger partial charge in [0.15, 0.2) is 11.6 Å². The molecule has 0 aromatic heterocycles. The number of ether oxygens (including phenoxy) is 1. The number of rotatable bonds is 7. The van der Waals surface area contributed by atoms with E-state index in [9.17, 15) is 28.5 Å². The summed E-state index contributed by atoms with van der Waals surface area (Å²) in [5.74, 6) is -3.42. The van der Waals surface area contributed by atoms with Gasteiger partial charge in [0.25, 0.3) is 17.5 Å². The first-order valence-electron chi connectivity index (χ1n) is 10.1. The molecule has 3 aromatic rings. The number of hydrogen-bond donors (Lipinski definition) is 1. The van der Waals surface area contributed by atoms with E-state index in [4.69, 9.17) is 4.74 Å². The molecule has 4 rings (SSSR count). The molecule has 172 valence electrons. The normalized spacial score (nSPS) is 13.4. The second-order valence-corrected chi connectivity index (χ2v) is 7.18. The number of halogens is 2. The third-order valence-electron chi connectivity index (χ3n) is 5.03. The zero-order valence-electron chi connectivity index (χ0n) is 17.7. The third-order valence-corrected chi connectivity index (χ3v) is 5.03. The Kier molecular flexibility index (Phi) is 6.05. The van der Waals surface area contributed by atoms with Gasteiger partial charge in [0.1, 0.15) is 11.4 Å². The molecule has 0 unspecified atom stereocenters. The van der Waals surface area contributed by atoms with Crippen LogP contribution in [0.5, 0.6) is 5.75 Å². The molecule has 0 saturated carbocycles. The van der Waals surface area contributed by atoms with Crippen molar-refractivity contribution in [1.29, 1.82) is 0 Å². The summed E-state index contributed by atoms with van der Waals surface area (Å²) < 4.78 is 32.8. The van der Waals surface area contributed by atoms with E-state index >= 15 is 0 Å². The molecule has 1 N–H and O–H groups in total. The number of nitrogens with one attached hydrogen (secondary N) is 1. The maximum absolute atomic E-state index is 13.9. The van der Waals surface area contributed by atoms with Crippen molar-refractivity contribution in [1.82, 2.24) is 0 Å². The minimum atomic E-state index is -1.22. The molecule has 3 aromatic carbocycles. The van der Waals surface area contributed by atoms with Gasteiger partial charge in [0, 0.05) is 30.0 Å². The summed E-state index contributed by atoms with van der Waals surface area (Å²) in [4.78, 5) is 37.8. The van der Waals surface area contributed by atoms with Crippen LogP contribution in [0.15, 0.2) is 72.4 Å². The smallest absolute Gasteiger partial charge is 0.282 e. The van der Waals surface area contributed by atoms with Crippen LogP contribution in [-0.4, -0.2) is 23.3 Å². The van der Waals surface area contributed by atoms with Crippen LogP contribution >= 0.6 is 0 Å². The summed E-state index contributed by atoms with van der Waals surface area (Å²) in [6.07, 6.45) is 0. The number of carbonyl (C=O) groups is 2. The Hall–Kier alpha value is -4.60. The van der Waals surface area contributed by atoms with Gasteiger partial charge in [0.2, 0.25) is 0 Å². The number of imide groups is 1. The van der Waals surface area contributed by atoms with Gasteiger partial charge in [-0.3, -0.25) is 19.7 Å². The average molecular weight is 465 g/mol. The number of anilines is 2. The number of non-ortho nitro benzene ring substituents is 1. The second kappa shape index (κ2) is 9.10. The Bertz CT molecular complexity index is 1340. The highest BCUT2D eigenvalue weighted by Crippen LogP contribution is 2.35. The van der Waals surface area contributed by atoms with Crippen LogP contribution in [-0.2, 0) is 9.59 Å². The topological polar surface area (TPSA) is 102 Å². The van der Waals surface area contributed by atoms with Crippen LogP contribution in [0.25, 0.3) is 5.57 Å². The number of nitro benzene ring substituents is 1. The molecule has 10 heteroatoms. The molecule has 2 amide bonds. The first-order valence-corrected chi connectivity index (χ1v) is 10.1. The van der Waals surface area contributed by atoms with E-state index in [1.54, 1.807) is 24.3 Å². The van der Waals surface area contributed by atoms with Crippen LogP contribution in [0.4, 0.5) is 25.8 Å². The molecule has 0 bridgehead atoms. The molecule has 0 fully saturated rings. The van der Waals surface area contributed by atoms with Crippen LogP contribution in [0.2, 0.25) is 0 Å². The molecule has 34 heavy (non-hydrogen) atoms. The van der Waals surface area contributed by atoms with Gasteiger partial charge in [0.05, 0.1) is 22.8 Å². The van der Waals surface area contributed by atoms with Gasteiger partial charge in [-0.2, -0.15) is 0 Å². The van der Waals surface area contributed by atoms with Gasteiger partial charge >= 0.3 is 0 Å². The van der Waals surface area contributed by atoms with E-state index in [1.807, 2.05) is 6.92 Å². The van der Waals surface area contributed by atoms with Crippen molar-refractivity contribution >= 4 is 34.4 Å². The largest absolute Gasteiger partial charge is 0.494 e. The lowest BCUT2D eigenvalue weighted by molar-refractivity contribution is -0.384. The molecule has 8 nitrogen and oxygen atoms in total. The summed E-state index contributed by atoms with van der Waals surface area (Å²) in [5.41, 5.74) is 0.112. The van der Waals surface area contributed by atoms with Gasteiger partial charge in [-0.05, 0) is 48.9 Å². The number of nitrogens with zero attached hydrogens (tertiary/aromatic N) is 2. The maximum Gasteiger partial charge on any atom is 0.282 e. The zero-order chi connectivity index (χ0) is 24.4. The molecule has 0 atom stereocenters. The molecule has 1 aliphatic heterocycles. The lowest BCUT2D eigenvalue weighted by Gasteiger charge is -2.15. The second-order valence-electron chi connectivity index (χ2n) is 7.18. The van der Waals surface area contributed by atoms with Crippen molar-refractivity contribution in [3.63, 3.8) is 0 Å². The van der Waals surface area contributed by atoms with Crippen molar-refractivity contribution in [2.45, 2.75) is 6.92 Å².